The molecular weight excluding hydrogens is 335 g/mol. The number of rotatable bonds is 6. The first kappa shape index (κ1) is 19.0. The van der Waals surface area contributed by atoms with Gasteiger partial charge in [-0.3, -0.25) is 15.6 Å². The highest BCUT2D eigenvalue weighted by molar-refractivity contribution is 7.80. The molecule has 0 aliphatic rings. The Balaban J connectivity index is 2.35. The van der Waals surface area contributed by atoms with E-state index in [9.17, 15) is 18.0 Å². The molecule has 1 aromatic rings. The van der Waals surface area contributed by atoms with Gasteiger partial charge >= 0.3 is 6.18 Å². The number of alkyl halides is 3. The highest BCUT2D eigenvalue weighted by Crippen LogP contribution is 2.31. The lowest BCUT2D eigenvalue weighted by Crippen LogP contribution is -2.48. The van der Waals surface area contributed by atoms with Gasteiger partial charge in [-0.1, -0.05) is 6.07 Å². The van der Waals surface area contributed by atoms with E-state index in [1.807, 2.05) is 0 Å². The molecule has 0 saturated carbocycles. The van der Waals surface area contributed by atoms with Crippen molar-refractivity contribution in [1.82, 2.24) is 16.2 Å². The fraction of sp³-hybridized carbons (Fsp3) is 0.385. The minimum Gasteiger partial charge on any atom is -0.484 e. The van der Waals surface area contributed by atoms with Crippen molar-refractivity contribution in [3.05, 3.63) is 29.8 Å². The van der Waals surface area contributed by atoms with E-state index in [4.69, 9.17) is 21.7 Å². The summed E-state index contributed by atoms with van der Waals surface area (Å²) in [5, 5.41) is 2.93. The van der Waals surface area contributed by atoms with Gasteiger partial charge in [-0.05, 0) is 30.4 Å². The van der Waals surface area contributed by atoms with Crippen LogP contribution in [0, 0.1) is 0 Å². The molecule has 0 radical (unpaired) electrons. The lowest BCUT2D eigenvalue weighted by molar-refractivity contribution is -0.137. The molecule has 0 spiro atoms. The van der Waals surface area contributed by atoms with Crippen LogP contribution in [0.25, 0.3) is 0 Å². The molecule has 128 valence electrons. The number of halogens is 3. The van der Waals surface area contributed by atoms with Crippen molar-refractivity contribution in [3.8, 4) is 5.75 Å². The number of thiocarbonyl (C=S) groups is 1. The molecule has 1 aromatic carbocycles. The van der Waals surface area contributed by atoms with Crippen LogP contribution in [-0.2, 0) is 15.7 Å². The number of nitrogens with one attached hydrogen (secondary N) is 3. The number of hydrazine groups is 1. The Morgan fingerprint density at radius 2 is 2.04 bits per heavy atom. The summed E-state index contributed by atoms with van der Waals surface area (Å²) in [6.07, 6.45) is -4.47. The summed E-state index contributed by atoms with van der Waals surface area (Å²) >= 11 is 4.86. The Labute approximate surface area is 136 Å². The van der Waals surface area contributed by atoms with E-state index in [1.165, 1.54) is 19.2 Å². The van der Waals surface area contributed by atoms with Gasteiger partial charge in [-0.25, -0.2) is 0 Å². The molecule has 1 rings (SSSR count). The molecule has 0 fully saturated rings. The van der Waals surface area contributed by atoms with Gasteiger partial charge in [0.1, 0.15) is 5.75 Å². The quantitative estimate of drug-likeness (QED) is 0.407. The van der Waals surface area contributed by atoms with Crippen molar-refractivity contribution >= 4 is 23.2 Å². The first-order valence-corrected chi connectivity index (χ1v) is 6.85. The fourth-order valence-electron chi connectivity index (χ4n) is 1.38. The molecule has 10 heteroatoms. The Bertz CT molecular complexity index is 541. The predicted octanol–water partition coefficient (Wildman–Crippen LogP) is 1.23. The van der Waals surface area contributed by atoms with Crippen LogP contribution in [0.5, 0.6) is 5.75 Å². The number of carbonyl (C=O) groups is 1. The van der Waals surface area contributed by atoms with Crippen molar-refractivity contribution in [2.24, 2.45) is 0 Å². The molecule has 23 heavy (non-hydrogen) atoms. The molecule has 0 aliphatic heterocycles. The van der Waals surface area contributed by atoms with Crippen LogP contribution in [0.15, 0.2) is 24.3 Å². The molecule has 0 aromatic heterocycles. The molecular formula is C13H16F3N3O3S. The second-order valence-electron chi connectivity index (χ2n) is 4.24. The van der Waals surface area contributed by atoms with Crippen LogP contribution in [0.2, 0.25) is 0 Å². The summed E-state index contributed by atoms with van der Waals surface area (Å²) in [5.41, 5.74) is 3.81. The minimum absolute atomic E-state index is 0.0595. The second kappa shape index (κ2) is 9.16. The number of hydrogen-bond donors (Lipinski definition) is 3. The average Bonchev–Trinajstić information content (AvgIpc) is 2.50. The molecule has 0 bridgehead atoms. The van der Waals surface area contributed by atoms with Gasteiger partial charge in [0, 0.05) is 13.7 Å². The maximum atomic E-state index is 12.5. The van der Waals surface area contributed by atoms with Gasteiger partial charge in [0.2, 0.25) is 0 Å². The third-order valence-corrected chi connectivity index (χ3v) is 2.68. The molecule has 6 nitrogen and oxygen atoms in total. The fourth-order valence-corrected chi connectivity index (χ4v) is 1.54. The molecule has 0 saturated heterocycles. The second-order valence-corrected chi connectivity index (χ2v) is 4.64. The van der Waals surface area contributed by atoms with E-state index in [0.717, 1.165) is 12.1 Å². The van der Waals surface area contributed by atoms with E-state index in [-0.39, 0.29) is 10.9 Å². The number of amides is 1. The molecule has 0 aliphatic carbocycles. The number of ether oxygens (including phenoxy) is 2. The van der Waals surface area contributed by atoms with Crippen LogP contribution in [0.4, 0.5) is 13.2 Å². The Hall–Kier alpha value is -2.07. The largest absolute Gasteiger partial charge is 0.484 e. The highest BCUT2D eigenvalue weighted by atomic mass is 32.1. The Morgan fingerprint density at radius 1 is 1.30 bits per heavy atom. The SMILES string of the molecule is COCCNC(=S)NNC(=O)COc1cccc(C(F)(F)F)c1. The molecule has 1 amide bonds. The Kier molecular flexibility index (Phi) is 7.55. The van der Waals surface area contributed by atoms with Crippen molar-refractivity contribution in [3.63, 3.8) is 0 Å². The summed E-state index contributed by atoms with van der Waals surface area (Å²) in [6.45, 7) is 0.433. The number of methoxy groups -OCH3 is 1. The standard InChI is InChI=1S/C13H16F3N3O3S/c1-21-6-5-17-12(23)19-18-11(20)8-22-10-4-2-3-9(7-10)13(14,15)16/h2-4,7H,5-6,8H2,1H3,(H,18,20)(H2,17,19,23). The van der Waals surface area contributed by atoms with E-state index < -0.39 is 24.3 Å². The summed E-state index contributed by atoms with van der Waals surface area (Å²) in [6, 6.07) is 4.26. The summed E-state index contributed by atoms with van der Waals surface area (Å²) in [5.74, 6) is -0.658. The van der Waals surface area contributed by atoms with Crippen LogP contribution in [0.1, 0.15) is 5.56 Å². The van der Waals surface area contributed by atoms with Gasteiger partial charge < -0.3 is 14.8 Å². The number of benzene rings is 1. The first-order valence-electron chi connectivity index (χ1n) is 6.44. The van der Waals surface area contributed by atoms with Crippen LogP contribution < -0.4 is 20.9 Å². The monoisotopic (exact) mass is 351 g/mol. The molecule has 0 heterocycles. The van der Waals surface area contributed by atoms with Crippen molar-refractivity contribution in [2.75, 3.05) is 26.9 Å². The van der Waals surface area contributed by atoms with Crippen molar-refractivity contribution in [1.29, 1.82) is 0 Å². The first-order chi connectivity index (χ1) is 10.8. The van der Waals surface area contributed by atoms with Gasteiger partial charge in [0.15, 0.2) is 11.7 Å². The third kappa shape index (κ3) is 7.66. The van der Waals surface area contributed by atoms with E-state index in [0.29, 0.717) is 13.2 Å². The third-order valence-electron chi connectivity index (χ3n) is 2.44. The summed E-state index contributed by atoms with van der Waals surface area (Å²) in [4.78, 5) is 11.5. The maximum absolute atomic E-state index is 12.5. The van der Waals surface area contributed by atoms with Gasteiger partial charge in [-0.15, -0.1) is 0 Å². The lowest BCUT2D eigenvalue weighted by Gasteiger charge is -2.12. The smallest absolute Gasteiger partial charge is 0.416 e. The lowest BCUT2D eigenvalue weighted by atomic mass is 10.2. The molecule has 0 atom stereocenters. The average molecular weight is 351 g/mol. The van der Waals surface area contributed by atoms with Crippen molar-refractivity contribution in [2.45, 2.75) is 6.18 Å². The van der Waals surface area contributed by atoms with Gasteiger partial charge in [0.25, 0.3) is 5.91 Å². The van der Waals surface area contributed by atoms with E-state index in [2.05, 4.69) is 16.2 Å². The predicted molar refractivity (Wildman–Crippen MR) is 80.7 cm³/mol. The maximum Gasteiger partial charge on any atom is 0.416 e. The zero-order valence-electron chi connectivity index (χ0n) is 12.2. The molecule has 0 unspecified atom stereocenters. The summed E-state index contributed by atoms with van der Waals surface area (Å²) < 4.78 is 47.4. The number of hydrogen-bond acceptors (Lipinski definition) is 4. The number of carbonyl (C=O) groups excluding carboxylic acids is 1. The van der Waals surface area contributed by atoms with Crippen LogP contribution >= 0.6 is 12.2 Å². The van der Waals surface area contributed by atoms with Crippen LogP contribution in [-0.4, -0.2) is 37.9 Å². The van der Waals surface area contributed by atoms with E-state index in [1.54, 1.807) is 0 Å². The Morgan fingerprint density at radius 3 is 2.70 bits per heavy atom. The van der Waals surface area contributed by atoms with Gasteiger partial charge in [-0.2, -0.15) is 13.2 Å². The normalized spacial score (nSPS) is 10.8. The highest BCUT2D eigenvalue weighted by Gasteiger charge is 2.30. The van der Waals surface area contributed by atoms with Crippen LogP contribution in [0.3, 0.4) is 0 Å². The van der Waals surface area contributed by atoms with E-state index >= 15 is 0 Å². The zero-order valence-corrected chi connectivity index (χ0v) is 13.0. The minimum atomic E-state index is -4.47. The topological polar surface area (TPSA) is 71.6 Å². The van der Waals surface area contributed by atoms with Crippen molar-refractivity contribution < 1.29 is 27.4 Å². The zero-order chi connectivity index (χ0) is 17.3. The van der Waals surface area contributed by atoms with Gasteiger partial charge in [0.05, 0.1) is 12.2 Å². The molecule has 3 N–H and O–H groups in total. The summed E-state index contributed by atoms with van der Waals surface area (Å²) in [7, 11) is 1.53.